The predicted molar refractivity (Wildman–Crippen MR) is 110 cm³/mol. The molecule has 0 unspecified atom stereocenters. The molecule has 0 aromatic carbocycles. The van der Waals surface area contributed by atoms with E-state index in [0.717, 1.165) is 6.54 Å². The number of rotatable bonds is 21. The summed E-state index contributed by atoms with van der Waals surface area (Å²) in [5.74, 6) is 0. The van der Waals surface area contributed by atoms with Crippen LogP contribution in [0, 0.1) is 0 Å². The van der Waals surface area contributed by atoms with Crippen molar-refractivity contribution in [2.24, 2.45) is 0 Å². The van der Waals surface area contributed by atoms with Crippen LogP contribution in [0.4, 0.5) is 0 Å². The second-order valence-electron chi connectivity index (χ2n) is 7.68. The van der Waals surface area contributed by atoms with E-state index in [4.69, 9.17) is 10.2 Å². The molecule has 0 aromatic rings. The Hall–Kier alpha value is -0.120. The van der Waals surface area contributed by atoms with Gasteiger partial charge in [-0.25, -0.2) is 0 Å². The summed E-state index contributed by atoms with van der Waals surface area (Å²) in [5.41, 5.74) is 0. The molecule has 152 valence electrons. The van der Waals surface area contributed by atoms with Crippen LogP contribution in [0.2, 0.25) is 0 Å². The Labute approximate surface area is 158 Å². The van der Waals surface area contributed by atoms with Crippen molar-refractivity contribution in [3.05, 3.63) is 0 Å². The van der Waals surface area contributed by atoms with Gasteiger partial charge in [0.25, 0.3) is 0 Å². The molecule has 0 radical (unpaired) electrons. The third-order valence-corrected chi connectivity index (χ3v) is 5.04. The van der Waals surface area contributed by atoms with Crippen molar-refractivity contribution >= 4 is 0 Å². The lowest BCUT2D eigenvalue weighted by molar-refractivity contribution is -0.0443. The first kappa shape index (κ1) is 24.9. The van der Waals surface area contributed by atoms with Gasteiger partial charge in [0, 0.05) is 6.42 Å². The van der Waals surface area contributed by atoms with E-state index in [-0.39, 0.29) is 0 Å². The standard InChI is InChI=1S/C22H47NO2/c1-2-3-4-5-6-7-8-9-10-11-12-13-14-15-16-17-18-20-23-21-19-22(24)25/h22-25H,2-21H2,1H3. The zero-order valence-electron chi connectivity index (χ0n) is 17.1. The number of hydrogen-bond acceptors (Lipinski definition) is 3. The SMILES string of the molecule is CCCCCCCCCCCCCCCCCCCNCCC(O)O. The van der Waals surface area contributed by atoms with E-state index in [9.17, 15) is 0 Å². The molecule has 0 aromatic heterocycles. The van der Waals surface area contributed by atoms with E-state index >= 15 is 0 Å². The van der Waals surface area contributed by atoms with E-state index in [1.807, 2.05) is 0 Å². The van der Waals surface area contributed by atoms with Gasteiger partial charge in [-0.2, -0.15) is 0 Å². The molecule has 0 aliphatic carbocycles. The van der Waals surface area contributed by atoms with Crippen molar-refractivity contribution in [2.45, 2.75) is 129 Å². The maximum absolute atomic E-state index is 8.72. The molecule has 0 saturated heterocycles. The Morgan fingerprint density at radius 3 is 1.24 bits per heavy atom. The van der Waals surface area contributed by atoms with E-state index in [1.54, 1.807) is 0 Å². The molecular formula is C22H47NO2. The Morgan fingerprint density at radius 2 is 0.880 bits per heavy atom. The summed E-state index contributed by atoms with van der Waals surface area (Å²) < 4.78 is 0. The van der Waals surface area contributed by atoms with Crippen LogP contribution in [0.15, 0.2) is 0 Å². The molecule has 0 rings (SSSR count). The monoisotopic (exact) mass is 357 g/mol. The van der Waals surface area contributed by atoms with Crippen LogP contribution in [0.1, 0.15) is 122 Å². The fourth-order valence-corrected chi connectivity index (χ4v) is 3.33. The molecule has 0 amide bonds. The summed E-state index contributed by atoms with van der Waals surface area (Å²) in [6.45, 7) is 4.00. The lowest BCUT2D eigenvalue weighted by atomic mass is 10.0. The van der Waals surface area contributed by atoms with Crippen molar-refractivity contribution in [2.75, 3.05) is 13.1 Å². The van der Waals surface area contributed by atoms with Gasteiger partial charge in [-0.3, -0.25) is 0 Å². The largest absolute Gasteiger partial charge is 0.368 e. The van der Waals surface area contributed by atoms with Crippen molar-refractivity contribution in [1.29, 1.82) is 0 Å². The van der Waals surface area contributed by atoms with Gasteiger partial charge in [0.2, 0.25) is 0 Å². The third-order valence-electron chi connectivity index (χ3n) is 5.04. The minimum Gasteiger partial charge on any atom is -0.368 e. The van der Waals surface area contributed by atoms with Crippen LogP contribution in [0.3, 0.4) is 0 Å². The summed E-state index contributed by atoms with van der Waals surface area (Å²) in [4.78, 5) is 0. The van der Waals surface area contributed by atoms with Gasteiger partial charge in [-0.1, -0.05) is 110 Å². The summed E-state index contributed by atoms with van der Waals surface area (Å²) in [6.07, 6.45) is 23.2. The quantitative estimate of drug-likeness (QED) is 0.176. The minimum absolute atomic E-state index is 0.430. The molecule has 0 heterocycles. The van der Waals surface area contributed by atoms with Crippen LogP contribution < -0.4 is 5.32 Å². The normalized spacial score (nSPS) is 11.5. The van der Waals surface area contributed by atoms with Crippen LogP contribution in [0.25, 0.3) is 0 Å². The maximum atomic E-state index is 8.72. The first-order chi connectivity index (χ1) is 12.3. The average Bonchev–Trinajstić information content (AvgIpc) is 2.60. The van der Waals surface area contributed by atoms with E-state index in [1.165, 1.54) is 109 Å². The van der Waals surface area contributed by atoms with E-state index < -0.39 is 6.29 Å². The second kappa shape index (κ2) is 21.9. The molecule has 0 aliphatic heterocycles. The fourth-order valence-electron chi connectivity index (χ4n) is 3.33. The molecule has 0 fully saturated rings. The van der Waals surface area contributed by atoms with Gasteiger partial charge in [-0.15, -0.1) is 0 Å². The Balaban J connectivity index is 2.96. The zero-order chi connectivity index (χ0) is 18.4. The van der Waals surface area contributed by atoms with Crippen LogP contribution in [-0.4, -0.2) is 29.6 Å². The van der Waals surface area contributed by atoms with Gasteiger partial charge in [0.15, 0.2) is 6.29 Å². The molecule has 0 spiro atoms. The molecule has 3 heteroatoms. The highest BCUT2D eigenvalue weighted by atomic mass is 16.5. The number of nitrogens with one attached hydrogen (secondary N) is 1. The molecule has 0 aliphatic rings. The van der Waals surface area contributed by atoms with E-state index in [0.29, 0.717) is 13.0 Å². The molecule has 0 bridgehead atoms. The highest BCUT2D eigenvalue weighted by molar-refractivity contribution is 4.52. The maximum Gasteiger partial charge on any atom is 0.152 e. The van der Waals surface area contributed by atoms with Crippen molar-refractivity contribution < 1.29 is 10.2 Å². The lowest BCUT2D eigenvalue weighted by Crippen LogP contribution is -2.21. The predicted octanol–water partition coefficient (Wildman–Crippen LogP) is 5.93. The zero-order valence-corrected chi connectivity index (χ0v) is 17.1. The molecule has 0 atom stereocenters. The van der Waals surface area contributed by atoms with Gasteiger partial charge < -0.3 is 15.5 Å². The Morgan fingerprint density at radius 1 is 0.520 bits per heavy atom. The molecule has 3 nitrogen and oxygen atoms in total. The van der Waals surface area contributed by atoms with Gasteiger partial charge >= 0.3 is 0 Å². The van der Waals surface area contributed by atoms with Crippen molar-refractivity contribution in [3.8, 4) is 0 Å². The van der Waals surface area contributed by atoms with Crippen molar-refractivity contribution in [1.82, 2.24) is 5.32 Å². The third kappa shape index (κ3) is 23.9. The van der Waals surface area contributed by atoms with Crippen LogP contribution in [0.5, 0.6) is 0 Å². The Bertz CT molecular complexity index is 234. The smallest absolute Gasteiger partial charge is 0.152 e. The molecule has 3 N–H and O–H groups in total. The number of aliphatic hydroxyl groups excluding tert-OH is 1. The van der Waals surface area contributed by atoms with Gasteiger partial charge in [-0.05, 0) is 19.5 Å². The molecule has 0 saturated carbocycles. The lowest BCUT2D eigenvalue weighted by Gasteiger charge is -2.06. The summed E-state index contributed by atoms with van der Waals surface area (Å²) in [6, 6.07) is 0. The minimum atomic E-state index is -1.16. The molecule has 25 heavy (non-hydrogen) atoms. The highest BCUT2D eigenvalue weighted by Gasteiger charge is 1.96. The number of aliphatic hydroxyl groups is 2. The van der Waals surface area contributed by atoms with Crippen LogP contribution in [-0.2, 0) is 0 Å². The number of unbranched alkanes of at least 4 members (excludes halogenated alkanes) is 16. The summed E-state index contributed by atoms with van der Waals surface area (Å²) >= 11 is 0. The first-order valence-electron chi connectivity index (χ1n) is 11.3. The first-order valence-corrected chi connectivity index (χ1v) is 11.3. The fraction of sp³-hybridized carbons (Fsp3) is 1.00. The molecular weight excluding hydrogens is 310 g/mol. The second-order valence-corrected chi connectivity index (χ2v) is 7.68. The van der Waals surface area contributed by atoms with Gasteiger partial charge in [0.1, 0.15) is 0 Å². The van der Waals surface area contributed by atoms with Crippen LogP contribution >= 0.6 is 0 Å². The van der Waals surface area contributed by atoms with Crippen molar-refractivity contribution in [3.63, 3.8) is 0 Å². The topological polar surface area (TPSA) is 52.5 Å². The van der Waals surface area contributed by atoms with Gasteiger partial charge in [0.05, 0.1) is 0 Å². The van der Waals surface area contributed by atoms with E-state index in [2.05, 4.69) is 12.2 Å². The Kier molecular flexibility index (Phi) is 21.8. The highest BCUT2D eigenvalue weighted by Crippen LogP contribution is 2.13. The summed E-state index contributed by atoms with van der Waals surface area (Å²) in [7, 11) is 0. The number of hydrogen-bond donors (Lipinski definition) is 3. The average molecular weight is 358 g/mol. The summed E-state index contributed by atoms with van der Waals surface area (Å²) in [5, 5.41) is 20.7.